The van der Waals surface area contributed by atoms with E-state index in [-0.39, 0.29) is 5.41 Å². The molecule has 1 N–H and O–H groups in total. The third kappa shape index (κ3) is 5.16. The van der Waals surface area contributed by atoms with Gasteiger partial charge in [0, 0.05) is 5.41 Å². The van der Waals surface area contributed by atoms with E-state index in [1.807, 2.05) is 36.4 Å². The molecule has 5 rings (SSSR count). The van der Waals surface area contributed by atoms with E-state index in [9.17, 15) is 0 Å². The minimum atomic E-state index is 0.00116. The first-order chi connectivity index (χ1) is 16.8. The predicted molar refractivity (Wildman–Crippen MR) is 137 cm³/mol. The first-order valence-electron chi connectivity index (χ1n) is 12.1. The van der Waals surface area contributed by atoms with Crippen molar-refractivity contribution >= 4 is 0 Å². The van der Waals surface area contributed by atoms with Gasteiger partial charge >= 0.3 is 0 Å². The maximum Gasteiger partial charge on any atom is 0.119 e. The monoisotopic (exact) mass is 449 g/mol. The zero-order chi connectivity index (χ0) is 23.1. The smallest absolute Gasteiger partial charge is 0.119 e. The van der Waals surface area contributed by atoms with Crippen LogP contribution in [0.4, 0.5) is 0 Å². The van der Waals surface area contributed by atoms with Crippen LogP contribution in [0.2, 0.25) is 0 Å². The van der Waals surface area contributed by atoms with Gasteiger partial charge in [-0.1, -0.05) is 84.9 Å². The molecular formula is C31H31NO2. The molecule has 1 heterocycles. The summed E-state index contributed by atoms with van der Waals surface area (Å²) in [5.41, 5.74) is 5.05. The van der Waals surface area contributed by atoms with Crippen LogP contribution in [-0.2, 0) is 18.6 Å². The van der Waals surface area contributed by atoms with Crippen LogP contribution in [0, 0.1) is 0 Å². The third-order valence-electron chi connectivity index (χ3n) is 6.77. The maximum absolute atomic E-state index is 6.02. The first-order valence-corrected chi connectivity index (χ1v) is 12.1. The van der Waals surface area contributed by atoms with E-state index in [2.05, 4.69) is 78.1 Å². The molecule has 0 radical (unpaired) electrons. The fourth-order valence-electron chi connectivity index (χ4n) is 4.82. The molecule has 4 aromatic rings. The highest BCUT2D eigenvalue weighted by Gasteiger charge is 2.35. The number of ether oxygens (including phenoxy) is 2. The average molecular weight is 450 g/mol. The first kappa shape index (κ1) is 22.2. The van der Waals surface area contributed by atoms with E-state index in [0.29, 0.717) is 13.2 Å². The SMILES string of the molecule is c1ccc(COc2ccc(C3(c4ccc(OCc5ccccc5)cc4)CCNCC3)cc2)cc1. The Morgan fingerprint density at radius 3 is 1.35 bits per heavy atom. The van der Waals surface area contributed by atoms with Gasteiger partial charge in [0.2, 0.25) is 0 Å². The van der Waals surface area contributed by atoms with Crippen LogP contribution >= 0.6 is 0 Å². The topological polar surface area (TPSA) is 30.5 Å². The molecule has 0 unspecified atom stereocenters. The van der Waals surface area contributed by atoms with Gasteiger partial charge in [-0.2, -0.15) is 0 Å². The zero-order valence-electron chi connectivity index (χ0n) is 19.5. The molecule has 172 valence electrons. The van der Waals surface area contributed by atoms with Crippen LogP contribution < -0.4 is 14.8 Å². The summed E-state index contributed by atoms with van der Waals surface area (Å²) in [6, 6.07) is 38.0. The van der Waals surface area contributed by atoms with Gasteiger partial charge < -0.3 is 14.8 Å². The van der Waals surface area contributed by atoms with E-state index in [4.69, 9.17) is 9.47 Å². The third-order valence-corrected chi connectivity index (χ3v) is 6.77. The Hall–Kier alpha value is -3.56. The van der Waals surface area contributed by atoms with Crippen LogP contribution in [0.15, 0.2) is 109 Å². The van der Waals surface area contributed by atoms with Gasteiger partial charge in [-0.05, 0) is 72.5 Å². The highest BCUT2D eigenvalue weighted by molar-refractivity contribution is 5.44. The van der Waals surface area contributed by atoms with Crippen molar-refractivity contribution in [3.63, 3.8) is 0 Å². The lowest BCUT2D eigenvalue weighted by Crippen LogP contribution is -2.40. The Bertz CT molecular complexity index is 1060. The fourth-order valence-corrected chi connectivity index (χ4v) is 4.82. The molecule has 0 bridgehead atoms. The molecule has 0 atom stereocenters. The summed E-state index contributed by atoms with van der Waals surface area (Å²) in [6.45, 7) is 3.19. The van der Waals surface area contributed by atoms with E-state index in [0.717, 1.165) is 37.4 Å². The second-order valence-corrected chi connectivity index (χ2v) is 8.93. The van der Waals surface area contributed by atoms with Crippen LogP contribution in [-0.4, -0.2) is 13.1 Å². The van der Waals surface area contributed by atoms with Crippen LogP contribution in [0.1, 0.15) is 35.1 Å². The molecule has 0 saturated carbocycles. The number of rotatable bonds is 8. The molecule has 3 nitrogen and oxygen atoms in total. The highest BCUT2D eigenvalue weighted by atomic mass is 16.5. The lowest BCUT2D eigenvalue weighted by molar-refractivity contribution is 0.305. The molecule has 1 saturated heterocycles. The standard InChI is InChI=1S/C31H31NO2/c1-3-7-25(8-4-1)23-33-29-15-11-27(12-16-29)31(19-21-32-22-20-31)28-13-17-30(18-14-28)34-24-26-9-5-2-6-10-26/h1-18,32H,19-24H2. The summed E-state index contributed by atoms with van der Waals surface area (Å²) in [6.07, 6.45) is 2.14. The number of hydrogen-bond acceptors (Lipinski definition) is 3. The normalized spacial score (nSPS) is 14.9. The Morgan fingerprint density at radius 1 is 0.529 bits per heavy atom. The molecule has 0 aromatic heterocycles. The summed E-state index contributed by atoms with van der Waals surface area (Å²) in [5, 5.41) is 3.53. The molecule has 0 amide bonds. The molecule has 1 aliphatic heterocycles. The van der Waals surface area contributed by atoms with Crippen molar-refractivity contribution in [2.45, 2.75) is 31.5 Å². The van der Waals surface area contributed by atoms with E-state index >= 15 is 0 Å². The fraction of sp³-hybridized carbons (Fsp3) is 0.226. The minimum absolute atomic E-state index is 0.00116. The van der Waals surface area contributed by atoms with E-state index in [1.165, 1.54) is 22.3 Å². The van der Waals surface area contributed by atoms with Gasteiger partial charge in [0.1, 0.15) is 24.7 Å². The van der Waals surface area contributed by atoms with E-state index < -0.39 is 0 Å². The summed E-state index contributed by atoms with van der Waals surface area (Å²) >= 11 is 0. The van der Waals surface area contributed by atoms with Crippen molar-refractivity contribution in [1.82, 2.24) is 5.32 Å². The maximum atomic E-state index is 6.02. The van der Waals surface area contributed by atoms with Crippen LogP contribution in [0.25, 0.3) is 0 Å². The van der Waals surface area contributed by atoms with Gasteiger partial charge in [0.05, 0.1) is 0 Å². The predicted octanol–water partition coefficient (Wildman–Crippen LogP) is 6.51. The molecular weight excluding hydrogens is 418 g/mol. The molecule has 0 spiro atoms. The van der Waals surface area contributed by atoms with Gasteiger partial charge in [0.15, 0.2) is 0 Å². The Balaban J connectivity index is 1.31. The quantitative estimate of drug-likeness (QED) is 0.332. The number of nitrogens with one attached hydrogen (secondary N) is 1. The zero-order valence-corrected chi connectivity index (χ0v) is 19.5. The van der Waals surface area contributed by atoms with Crippen LogP contribution in [0.5, 0.6) is 11.5 Å². The summed E-state index contributed by atoms with van der Waals surface area (Å²) in [4.78, 5) is 0. The summed E-state index contributed by atoms with van der Waals surface area (Å²) < 4.78 is 12.0. The van der Waals surface area contributed by atoms with Crippen molar-refractivity contribution in [3.05, 3.63) is 131 Å². The van der Waals surface area contributed by atoms with Crippen LogP contribution in [0.3, 0.4) is 0 Å². The number of benzene rings is 4. The van der Waals surface area contributed by atoms with Gasteiger partial charge in [-0.3, -0.25) is 0 Å². The van der Waals surface area contributed by atoms with E-state index in [1.54, 1.807) is 0 Å². The second kappa shape index (κ2) is 10.6. The Kier molecular flexibility index (Phi) is 6.92. The Labute approximate surface area is 202 Å². The van der Waals surface area contributed by atoms with Crippen molar-refractivity contribution in [3.8, 4) is 11.5 Å². The molecule has 34 heavy (non-hydrogen) atoms. The molecule has 1 fully saturated rings. The lowest BCUT2D eigenvalue weighted by atomic mass is 9.68. The van der Waals surface area contributed by atoms with Gasteiger partial charge in [-0.15, -0.1) is 0 Å². The molecule has 3 heteroatoms. The molecule has 0 aliphatic carbocycles. The highest BCUT2D eigenvalue weighted by Crippen LogP contribution is 2.41. The van der Waals surface area contributed by atoms with Crippen molar-refractivity contribution in [2.75, 3.05) is 13.1 Å². The number of piperidine rings is 1. The summed E-state index contributed by atoms with van der Waals surface area (Å²) in [5.74, 6) is 1.81. The van der Waals surface area contributed by atoms with Crippen molar-refractivity contribution in [1.29, 1.82) is 0 Å². The number of hydrogen-bond donors (Lipinski definition) is 1. The molecule has 4 aromatic carbocycles. The summed E-state index contributed by atoms with van der Waals surface area (Å²) in [7, 11) is 0. The van der Waals surface area contributed by atoms with Crippen molar-refractivity contribution < 1.29 is 9.47 Å². The minimum Gasteiger partial charge on any atom is -0.489 e. The van der Waals surface area contributed by atoms with Gasteiger partial charge in [-0.25, -0.2) is 0 Å². The van der Waals surface area contributed by atoms with Gasteiger partial charge in [0.25, 0.3) is 0 Å². The second-order valence-electron chi connectivity index (χ2n) is 8.93. The molecule has 1 aliphatic rings. The lowest BCUT2D eigenvalue weighted by Gasteiger charge is -2.39. The average Bonchev–Trinajstić information content (AvgIpc) is 2.93. The largest absolute Gasteiger partial charge is 0.489 e. The Morgan fingerprint density at radius 2 is 0.941 bits per heavy atom. The van der Waals surface area contributed by atoms with Crippen molar-refractivity contribution in [2.24, 2.45) is 0 Å².